The van der Waals surface area contributed by atoms with E-state index in [0.717, 1.165) is 16.6 Å². The number of hydrogen-bond acceptors (Lipinski definition) is 6. The van der Waals surface area contributed by atoms with Crippen LogP contribution >= 0.6 is 0 Å². The predicted molar refractivity (Wildman–Crippen MR) is 105 cm³/mol. The van der Waals surface area contributed by atoms with Gasteiger partial charge in [-0.05, 0) is 63.2 Å². The van der Waals surface area contributed by atoms with E-state index in [-0.39, 0.29) is 11.6 Å². The van der Waals surface area contributed by atoms with Gasteiger partial charge in [-0.2, -0.15) is 10.2 Å². The third-order valence-corrected chi connectivity index (χ3v) is 4.51. The standard InChI is InChI=1S/C21H17N5O2/c1-12(2)26-18-9-8-16(10-17(18)23-13(3)21(26)27)19-24-20(28-25-19)15-6-4-14(11-22)5-7-15/h4-10,12H,1-3H3. The van der Waals surface area contributed by atoms with Gasteiger partial charge in [0.25, 0.3) is 11.4 Å². The molecule has 0 saturated heterocycles. The molecular weight excluding hydrogens is 354 g/mol. The molecular formula is C21H17N5O2. The van der Waals surface area contributed by atoms with Crippen LogP contribution < -0.4 is 5.56 Å². The molecule has 7 heteroatoms. The van der Waals surface area contributed by atoms with Crippen molar-refractivity contribution in [3.63, 3.8) is 0 Å². The van der Waals surface area contributed by atoms with E-state index in [1.807, 2.05) is 32.0 Å². The Morgan fingerprint density at radius 3 is 2.46 bits per heavy atom. The molecule has 0 amide bonds. The largest absolute Gasteiger partial charge is 0.334 e. The first kappa shape index (κ1) is 17.6. The second-order valence-electron chi connectivity index (χ2n) is 6.78. The van der Waals surface area contributed by atoms with Gasteiger partial charge in [-0.25, -0.2) is 4.98 Å². The highest BCUT2D eigenvalue weighted by molar-refractivity contribution is 5.80. The smallest absolute Gasteiger partial charge is 0.272 e. The van der Waals surface area contributed by atoms with Gasteiger partial charge in [-0.1, -0.05) is 5.16 Å². The molecule has 2 aromatic carbocycles. The minimum Gasteiger partial charge on any atom is -0.334 e. The van der Waals surface area contributed by atoms with Crippen LogP contribution in [0.25, 0.3) is 33.9 Å². The molecule has 2 aromatic heterocycles. The zero-order valence-corrected chi connectivity index (χ0v) is 15.7. The highest BCUT2D eigenvalue weighted by Gasteiger charge is 2.15. The van der Waals surface area contributed by atoms with E-state index in [2.05, 4.69) is 21.2 Å². The lowest BCUT2D eigenvalue weighted by Gasteiger charge is -2.14. The van der Waals surface area contributed by atoms with Crippen LogP contribution in [0.1, 0.15) is 31.1 Å². The van der Waals surface area contributed by atoms with E-state index < -0.39 is 0 Å². The van der Waals surface area contributed by atoms with Crippen LogP contribution in [0.15, 0.2) is 51.8 Å². The van der Waals surface area contributed by atoms with Crippen molar-refractivity contribution in [3.05, 3.63) is 64.1 Å². The maximum Gasteiger partial charge on any atom is 0.272 e. The zero-order chi connectivity index (χ0) is 19.8. The monoisotopic (exact) mass is 371 g/mol. The molecule has 0 aliphatic carbocycles. The van der Waals surface area contributed by atoms with Gasteiger partial charge in [0.1, 0.15) is 5.69 Å². The first-order valence-corrected chi connectivity index (χ1v) is 8.85. The van der Waals surface area contributed by atoms with Crippen LogP contribution in [0.2, 0.25) is 0 Å². The molecule has 0 saturated carbocycles. The normalized spacial score (nSPS) is 11.1. The fraction of sp³-hybridized carbons (Fsp3) is 0.190. The van der Waals surface area contributed by atoms with E-state index in [9.17, 15) is 4.79 Å². The Morgan fingerprint density at radius 1 is 1.07 bits per heavy atom. The number of fused-ring (bicyclic) bond motifs is 1. The SMILES string of the molecule is Cc1nc2cc(-c3noc(-c4ccc(C#N)cc4)n3)ccc2n(C(C)C)c1=O. The first-order chi connectivity index (χ1) is 13.5. The van der Waals surface area contributed by atoms with Crippen molar-refractivity contribution < 1.29 is 4.52 Å². The van der Waals surface area contributed by atoms with E-state index in [1.54, 1.807) is 35.8 Å². The van der Waals surface area contributed by atoms with Crippen LogP contribution in [0.4, 0.5) is 0 Å². The van der Waals surface area contributed by atoms with E-state index in [0.29, 0.717) is 28.5 Å². The summed E-state index contributed by atoms with van der Waals surface area (Å²) < 4.78 is 7.11. The van der Waals surface area contributed by atoms with Crippen molar-refractivity contribution in [2.75, 3.05) is 0 Å². The van der Waals surface area contributed by atoms with Crippen molar-refractivity contribution in [1.82, 2.24) is 19.7 Å². The number of nitriles is 1. The summed E-state index contributed by atoms with van der Waals surface area (Å²) in [7, 11) is 0. The Kier molecular flexibility index (Phi) is 4.24. The van der Waals surface area contributed by atoms with Crippen LogP contribution in [0.3, 0.4) is 0 Å². The molecule has 0 aliphatic heterocycles. The number of benzene rings is 2. The second-order valence-corrected chi connectivity index (χ2v) is 6.78. The summed E-state index contributed by atoms with van der Waals surface area (Å²) in [5.41, 5.74) is 3.88. The lowest BCUT2D eigenvalue weighted by atomic mass is 10.1. The summed E-state index contributed by atoms with van der Waals surface area (Å²) >= 11 is 0. The Hall–Kier alpha value is -3.79. The topological polar surface area (TPSA) is 97.6 Å². The summed E-state index contributed by atoms with van der Waals surface area (Å²) in [5.74, 6) is 0.805. The molecule has 0 aliphatic rings. The van der Waals surface area contributed by atoms with Crippen molar-refractivity contribution in [1.29, 1.82) is 5.26 Å². The average molecular weight is 371 g/mol. The van der Waals surface area contributed by atoms with E-state index in [1.165, 1.54) is 0 Å². The Labute approximate surface area is 160 Å². The molecule has 2 heterocycles. The lowest BCUT2D eigenvalue weighted by Crippen LogP contribution is -2.25. The van der Waals surface area contributed by atoms with Crippen LogP contribution in [-0.4, -0.2) is 19.7 Å². The van der Waals surface area contributed by atoms with Gasteiger partial charge in [0.2, 0.25) is 5.82 Å². The quantitative estimate of drug-likeness (QED) is 0.542. The fourth-order valence-corrected chi connectivity index (χ4v) is 3.13. The molecule has 138 valence electrons. The molecule has 28 heavy (non-hydrogen) atoms. The summed E-state index contributed by atoms with van der Waals surface area (Å²) in [6.45, 7) is 5.65. The minimum atomic E-state index is -0.0853. The molecule has 0 spiro atoms. The summed E-state index contributed by atoms with van der Waals surface area (Å²) in [4.78, 5) is 21.3. The highest BCUT2D eigenvalue weighted by atomic mass is 16.5. The third kappa shape index (κ3) is 2.95. The number of rotatable bonds is 3. The Morgan fingerprint density at radius 2 is 1.79 bits per heavy atom. The van der Waals surface area contributed by atoms with Crippen molar-refractivity contribution in [3.8, 4) is 28.9 Å². The number of nitrogens with zero attached hydrogens (tertiary/aromatic N) is 5. The summed E-state index contributed by atoms with van der Waals surface area (Å²) in [6.07, 6.45) is 0. The van der Waals surface area contributed by atoms with Crippen molar-refractivity contribution in [2.24, 2.45) is 0 Å². The van der Waals surface area contributed by atoms with Gasteiger partial charge < -0.3 is 9.09 Å². The lowest BCUT2D eigenvalue weighted by molar-refractivity contribution is 0.432. The third-order valence-electron chi connectivity index (χ3n) is 4.51. The van der Waals surface area contributed by atoms with Gasteiger partial charge in [-0.3, -0.25) is 4.79 Å². The van der Waals surface area contributed by atoms with Crippen LogP contribution in [-0.2, 0) is 0 Å². The molecule has 0 radical (unpaired) electrons. The van der Waals surface area contributed by atoms with E-state index >= 15 is 0 Å². The van der Waals surface area contributed by atoms with Gasteiger partial charge >= 0.3 is 0 Å². The predicted octanol–water partition coefficient (Wildman–Crippen LogP) is 3.87. The maximum absolute atomic E-state index is 12.4. The van der Waals surface area contributed by atoms with Gasteiger partial charge in [0.15, 0.2) is 0 Å². The minimum absolute atomic E-state index is 0.0238. The van der Waals surface area contributed by atoms with Crippen molar-refractivity contribution in [2.45, 2.75) is 26.8 Å². The van der Waals surface area contributed by atoms with Crippen LogP contribution in [0, 0.1) is 18.3 Å². The van der Waals surface area contributed by atoms with Gasteiger partial charge in [0, 0.05) is 17.2 Å². The molecule has 0 N–H and O–H groups in total. The second kappa shape index (κ2) is 6.74. The fourth-order valence-electron chi connectivity index (χ4n) is 3.13. The molecule has 0 fully saturated rings. The molecule has 0 atom stereocenters. The number of aryl methyl sites for hydroxylation is 1. The summed E-state index contributed by atoms with van der Waals surface area (Å²) in [6, 6.07) is 14.6. The van der Waals surface area contributed by atoms with Gasteiger partial charge in [-0.15, -0.1) is 0 Å². The Balaban J connectivity index is 1.78. The molecule has 7 nitrogen and oxygen atoms in total. The molecule has 4 aromatic rings. The van der Waals surface area contributed by atoms with Crippen LogP contribution in [0.5, 0.6) is 0 Å². The number of aromatic nitrogens is 4. The molecule has 0 bridgehead atoms. The average Bonchev–Trinajstić information content (AvgIpc) is 3.18. The van der Waals surface area contributed by atoms with Crippen molar-refractivity contribution >= 4 is 11.0 Å². The zero-order valence-electron chi connectivity index (χ0n) is 15.7. The number of hydrogen-bond donors (Lipinski definition) is 0. The summed E-state index contributed by atoms with van der Waals surface area (Å²) in [5, 5.41) is 13.0. The highest BCUT2D eigenvalue weighted by Crippen LogP contribution is 2.25. The Bertz CT molecular complexity index is 1280. The van der Waals surface area contributed by atoms with Gasteiger partial charge in [0.05, 0.1) is 22.7 Å². The molecule has 0 unspecified atom stereocenters. The first-order valence-electron chi connectivity index (χ1n) is 8.85. The maximum atomic E-state index is 12.4. The van der Waals surface area contributed by atoms with E-state index in [4.69, 9.17) is 9.78 Å². The molecule has 4 rings (SSSR count).